The van der Waals surface area contributed by atoms with Crippen molar-refractivity contribution in [2.45, 2.75) is 18.9 Å². The molecule has 1 aromatic heterocycles. The predicted molar refractivity (Wildman–Crippen MR) is 102 cm³/mol. The van der Waals surface area contributed by atoms with Gasteiger partial charge in [0.05, 0.1) is 18.9 Å². The molecule has 0 bridgehead atoms. The van der Waals surface area contributed by atoms with Gasteiger partial charge in [0.15, 0.2) is 0 Å². The molecule has 2 aliphatic rings. The van der Waals surface area contributed by atoms with Crippen LogP contribution in [0.2, 0.25) is 0 Å². The summed E-state index contributed by atoms with van der Waals surface area (Å²) < 4.78 is 7.05. The molecule has 1 aromatic carbocycles. The van der Waals surface area contributed by atoms with E-state index in [2.05, 4.69) is 15.3 Å². The lowest BCUT2D eigenvalue weighted by molar-refractivity contribution is 0.0296. The van der Waals surface area contributed by atoms with Gasteiger partial charge in [0, 0.05) is 50.2 Å². The van der Waals surface area contributed by atoms with E-state index in [0.717, 1.165) is 63.6 Å². The molecule has 2 amide bonds. The van der Waals surface area contributed by atoms with Gasteiger partial charge < -0.3 is 15.0 Å². The Bertz CT molecular complexity index is 822. The SMILES string of the molecule is O=C(Nc1ccc(-n2ccc(=O)[nH]2)cc1)N1CCCC1CN1CCOCC1. The maximum absolute atomic E-state index is 12.7. The van der Waals surface area contributed by atoms with E-state index in [1.54, 1.807) is 10.9 Å². The Kier molecular flexibility index (Phi) is 5.26. The molecule has 2 fully saturated rings. The molecule has 2 aliphatic heterocycles. The van der Waals surface area contributed by atoms with Crippen molar-refractivity contribution in [1.29, 1.82) is 0 Å². The van der Waals surface area contributed by atoms with Gasteiger partial charge in [0.1, 0.15) is 0 Å². The van der Waals surface area contributed by atoms with Crippen LogP contribution in [0.1, 0.15) is 12.8 Å². The summed E-state index contributed by atoms with van der Waals surface area (Å²) in [5, 5.41) is 5.69. The van der Waals surface area contributed by atoms with E-state index in [1.165, 1.54) is 6.07 Å². The number of hydrogen-bond donors (Lipinski definition) is 2. The number of likely N-dealkylation sites (tertiary alicyclic amines) is 1. The van der Waals surface area contributed by atoms with Crippen molar-refractivity contribution in [3.05, 3.63) is 46.9 Å². The number of anilines is 1. The monoisotopic (exact) mass is 371 g/mol. The van der Waals surface area contributed by atoms with Gasteiger partial charge in [0.2, 0.25) is 0 Å². The van der Waals surface area contributed by atoms with Crippen LogP contribution in [0.15, 0.2) is 41.3 Å². The van der Waals surface area contributed by atoms with Gasteiger partial charge in [-0.25, -0.2) is 4.79 Å². The quantitative estimate of drug-likeness (QED) is 0.853. The number of nitrogens with one attached hydrogen (secondary N) is 2. The largest absolute Gasteiger partial charge is 0.379 e. The zero-order valence-electron chi connectivity index (χ0n) is 15.3. The number of benzene rings is 1. The highest BCUT2D eigenvalue weighted by Crippen LogP contribution is 2.21. The van der Waals surface area contributed by atoms with Crippen LogP contribution in [-0.2, 0) is 4.74 Å². The number of carbonyl (C=O) groups excluding carboxylic acids is 1. The zero-order valence-corrected chi connectivity index (χ0v) is 15.3. The van der Waals surface area contributed by atoms with Crippen LogP contribution >= 0.6 is 0 Å². The second-order valence-electron chi connectivity index (χ2n) is 7.04. The molecule has 2 aromatic rings. The van der Waals surface area contributed by atoms with Crippen molar-refractivity contribution in [2.75, 3.05) is 44.7 Å². The number of aromatic amines is 1. The summed E-state index contributed by atoms with van der Waals surface area (Å²) in [7, 11) is 0. The highest BCUT2D eigenvalue weighted by molar-refractivity contribution is 5.89. The number of nitrogens with zero attached hydrogens (tertiary/aromatic N) is 3. The molecule has 27 heavy (non-hydrogen) atoms. The van der Waals surface area contributed by atoms with Crippen LogP contribution in [0.3, 0.4) is 0 Å². The molecule has 4 rings (SSSR count). The molecular formula is C19H25N5O3. The van der Waals surface area contributed by atoms with E-state index in [-0.39, 0.29) is 17.6 Å². The molecule has 8 nitrogen and oxygen atoms in total. The predicted octanol–water partition coefficient (Wildman–Crippen LogP) is 1.49. The standard InChI is InChI=1S/C19H25N5O3/c25-18-7-9-24(21-18)16-5-3-15(4-6-16)20-19(26)23-8-1-2-17(23)14-22-10-12-27-13-11-22/h3-7,9,17H,1-2,8,10-14H2,(H,20,26)(H,21,25). The first kappa shape index (κ1) is 17.8. The molecule has 144 valence electrons. The van der Waals surface area contributed by atoms with Crippen LogP contribution in [0.4, 0.5) is 10.5 Å². The van der Waals surface area contributed by atoms with E-state index in [9.17, 15) is 9.59 Å². The Morgan fingerprint density at radius 1 is 1.15 bits per heavy atom. The number of rotatable bonds is 4. The molecule has 0 radical (unpaired) electrons. The number of ether oxygens (including phenoxy) is 1. The Hall–Kier alpha value is -2.58. The number of hydrogen-bond acceptors (Lipinski definition) is 4. The first-order valence-electron chi connectivity index (χ1n) is 9.45. The van der Waals surface area contributed by atoms with Crippen molar-refractivity contribution >= 4 is 11.7 Å². The van der Waals surface area contributed by atoms with Crippen molar-refractivity contribution < 1.29 is 9.53 Å². The average Bonchev–Trinajstić information content (AvgIpc) is 3.32. The van der Waals surface area contributed by atoms with Crippen LogP contribution < -0.4 is 10.9 Å². The Labute approximate surface area is 157 Å². The second kappa shape index (κ2) is 7.98. The number of carbonyl (C=O) groups is 1. The smallest absolute Gasteiger partial charge is 0.322 e. The molecular weight excluding hydrogens is 346 g/mol. The average molecular weight is 371 g/mol. The van der Waals surface area contributed by atoms with Crippen molar-refractivity contribution in [1.82, 2.24) is 19.6 Å². The minimum absolute atomic E-state index is 0.0483. The van der Waals surface area contributed by atoms with Crippen LogP contribution in [0, 0.1) is 0 Å². The normalized spacial score (nSPS) is 20.7. The Balaban J connectivity index is 1.36. The summed E-state index contributed by atoms with van der Waals surface area (Å²) >= 11 is 0. The van der Waals surface area contributed by atoms with Crippen molar-refractivity contribution in [3.63, 3.8) is 0 Å². The van der Waals surface area contributed by atoms with Gasteiger partial charge in [-0.3, -0.25) is 19.5 Å². The lowest BCUT2D eigenvalue weighted by atomic mass is 10.2. The van der Waals surface area contributed by atoms with Crippen molar-refractivity contribution in [3.8, 4) is 5.69 Å². The summed E-state index contributed by atoms with van der Waals surface area (Å²) in [6, 6.07) is 9.09. The van der Waals surface area contributed by atoms with Crippen LogP contribution in [0.5, 0.6) is 0 Å². The summed E-state index contributed by atoms with van der Waals surface area (Å²) in [6.45, 7) is 5.14. The number of morpholine rings is 1. The van der Waals surface area contributed by atoms with E-state index >= 15 is 0 Å². The Morgan fingerprint density at radius 3 is 2.63 bits per heavy atom. The summed E-state index contributed by atoms with van der Waals surface area (Å²) in [5.41, 5.74) is 1.43. The highest BCUT2D eigenvalue weighted by atomic mass is 16.5. The van der Waals surface area contributed by atoms with E-state index in [0.29, 0.717) is 0 Å². The first-order chi connectivity index (χ1) is 13.2. The molecule has 0 spiro atoms. The van der Waals surface area contributed by atoms with Gasteiger partial charge in [-0.2, -0.15) is 0 Å². The molecule has 1 unspecified atom stereocenters. The number of amides is 2. The van der Waals surface area contributed by atoms with E-state index < -0.39 is 0 Å². The Morgan fingerprint density at radius 2 is 1.93 bits per heavy atom. The summed E-state index contributed by atoms with van der Waals surface area (Å²) in [6.07, 6.45) is 3.77. The third-order valence-electron chi connectivity index (χ3n) is 5.21. The minimum Gasteiger partial charge on any atom is -0.379 e. The fourth-order valence-corrected chi connectivity index (χ4v) is 3.76. The third-order valence-corrected chi connectivity index (χ3v) is 5.21. The topological polar surface area (TPSA) is 82.6 Å². The van der Waals surface area contributed by atoms with Gasteiger partial charge in [-0.15, -0.1) is 0 Å². The molecule has 0 aliphatic carbocycles. The van der Waals surface area contributed by atoms with E-state index in [4.69, 9.17) is 4.74 Å². The maximum Gasteiger partial charge on any atom is 0.322 e. The summed E-state index contributed by atoms with van der Waals surface area (Å²) in [5.74, 6) is 0. The van der Waals surface area contributed by atoms with Crippen LogP contribution in [-0.4, -0.2) is 71.0 Å². The summed E-state index contributed by atoms with van der Waals surface area (Å²) in [4.78, 5) is 28.3. The highest BCUT2D eigenvalue weighted by Gasteiger charge is 2.30. The number of aromatic nitrogens is 2. The zero-order chi connectivity index (χ0) is 18.6. The fourth-order valence-electron chi connectivity index (χ4n) is 3.76. The molecule has 2 saturated heterocycles. The van der Waals surface area contributed by atoms with E-state index in [1.807, 2.05) is 29.2 Å². The molecule has 3 heterocycles. The third kappa shape index (κ3) is 4.23. The molecule has 8 heteroatoms. The number of H-pyrrole nitrogens is 1. The lowest BCUT2D eigenvalue weighted by Gasteiger charge is -2.32. The van der Waals surface area contributed by atoms with Gasteiger partial charge in [0.25, 0.3) is 5.56 Å². The first-order valence-corrected chi connectivity index (χ1v) is 9.45. The second-order valence-corrected chi connectivity index (χ2v) is 7.04. The van der Waals surface area contributed by atoms with Gasteiger partial charge in [-0.1, -0.05) is 0 Å². The van der Waals surface area contributed by atoms with Crippen LogP contribution in [0.25, 0.3) is 5.69 Å². The van der Waals surface area contributed by atoms with Gasteiger partial charge in [-0.05, 0) is 37.1 Å². The fraction of sp³-hybridized carbons (Fsp3) is 0.474. The minimum atomic E-state index is -0.146. The molecule has 1 atom stereocenters. The molecule has 2 N–H and O–H groups in total. The molecule has 0 saturated carbocycles. The lowest BCUT2D eigenvalue weighted by Crippen LogP contribution is -2.47. The number of urea groups is 1. The maximum atomic E-state index is 12.7. The van der Waals surface area contributed by atoms with Crippen molar-refractivity contribution in [2.24, 2.45) is 0 Å². The van der Waals surface area contributed by atoms with Gasteiger partial charge >= 0.3 is 6.03 Å².